The summed E-state index contributed by atoms with van der Waals surface area (Å²) in [4.78, 5) is 25.5. The molecule has 0 atom stereocenters. The van der Waals surface area contributed by atoms with Crippen LogP contribution in [0.15, 0.2) is 54.6 Å². The normalized spacial score (nSPS) is 13.2. The fourth-order valence-corrected chi connectivity index (χ4v) is 3.15. The number of fused-ring (bicyclic) bond motifs is 4. The van der Waals surface area contributed by atoms with Gasteiger partial charge in [-0.3, -0.25) is 9.59 Å². The smallest absolute Gasteiger partial charge is 0.195 e. The van der Waals surface area contributed by atoms with E-state index in [1.807, 2.05) is 31.2 Å². The fraction of sp³-hybridized carbons (Fsp3) is 0.0526. The molecule has 0 spiro atoms. The third-order valence-electron chi connectivity index (χ3n) is 4.14. The summed E-state index contributed by atoms with van der Waals surface area (Å²) in [6.07, 6.45) is 0. The number of hydrogen-bond acceptors (Lipinski definition) is 2. The van der Waals surface area contributed by atoms with Crippen LogP contribution in [0.2, 0.25) is 0 Å². The Bertz CT molecular complexity index is 935. The third-order valence-corrected chi connectivity index (χ3v) is 4.14. The van der Waals surface area contributed by atoms with Gasteiger partial charge in [0.15, 0.2) is 11.6 Å². The van der Waals surface area contributed by atoms with Gasteiger partial charge in [-0.05, 0) is 29.3 Å². The number of aryl methyl sites for hydroxylation is 1. The molecule has 100 valence electrons. The van der Waals surface area contributed by atoms with Gasteiger partial charge in [-0.25, -0.2) is 0 Å². The molecule has 0 aliphatic heterocycles. The van der Waals surface area contributed by atoms with Gasteiger partial charge in [-0.15, -0.1) is 0 Å². The predicted octanol–water partition coefficient (Wildman–Crippen LogP) is 3.92. The summed E-state index contributed by atoms with van der Waals surface area (Å²) >= 11 is 0. The molecule has 0 saturated heterocycles. The van der Waals surface area contributed by atoms with E-state index in [1.54, 1.807) is 30.3 Å². The van der Waals surface area contributed by atoms with E-state index in [-0.39, 0.29) is 11.6 Å². The lowest BCUT2D eigenvalue weighted by Gasteiger charge is -2.19. The molecule has 3 aromatic rings. The molecule has 0 N–H and O–H groups in total. The number of carbonyl (C=O) groups excluding carboxylic acids is 2. The van der Waals surface area contributed by atoms with Crippen molar-refractivity contribution in [2.45, 2.75) is 6.92 Å². The molecule has 1 aliphatic rings. The van der Waals surface area contributed by atoms with Gasteiger partial charge in [0.05, 0.1) is 0 Å². The quantitative estimate of drug-likeness (QED) is 0.486. The molecule has 0 amide bonds. The first-order valence-corrected chi connectivity index (χ1v) is 6.89. The molecule has 0 radical (unpaired) electrons. The Kier molecular flexibility index (Phi) is 2.36. The molecule has 0 aromatic heterocycles. The van der Waals surface area contributed by atoms with Crippen LogP contribution < -0.4 is 0 Å². The number of hydrogen-bond donors (Lipinski definition) is 0. The van der Waals surface area contributed by atoms with E-state index in [1.165, 1.54) is 0 Å². The van der Waals surface area contributed by atoms with E-state index in [0.29, 0.717) is 22.3 Å². The zero-order valence-corrected chi connectivity index (χ0v) is 11.5. The maximum absolute atomic E-state index is 12.9. The second-order valence-electron chi connectivity index (χ2n) is 5.36. The SMILES string of the molecule is Cc1cccc2ccc3c(c12)C(=O)c1ccccc1C3=O. The standard InChI is InChI=1S/C19H12O2/c1-11-5-4-6-12-9-10-15-17(16(11)12)19(21)14-8-3-2-7-13(14)18(15)20/h2-10H,1H3. The van der Waals surface area contributed by atoms with Gasteiger partial charge in [0.25, 0.3) is 0 Å². The summed E-state index contributed by atoms with van der Waals surface area (Å²) in [5, 5.41) is 1.89. The summed E-state index contributed by atoms with van der Waals surface area (Å²) in [5.41, 5.74) is 3.09. The number of benzene rings is 3. The molecule has 2 nitrogen and oxygen atoms in total. The highest BCUT2D eigenvalue weighted by Crippen LogP contribution is 2.33. The van der Waals surface area contributed by atoms with Crippen LogP contribution in [0, 0.1) is 6.92 Å². The number of carbonyl (C=O) groups is 2. The van der Waals surface area contributed by atoms with E-state index >= 15 is 0 Å². The van der Waals surface area contributed by atoms with Crippen molar-refractivity contribution in [3.63, 3.8) is 0 Å². The average Bonchev–Trinajstić information content (AvgIpc) is 2.52. The van der Waals surface area contributed by atoms with Crippen molar-refractivity contribution in [1.82, 2.24) is 0 Å². The lowest BCUT2D eigenvalue weighted by atomic mass is 9.81. The zero-order valence-electron chi connectivity index (χ0n) is 11.5. The van der Waals surface area contributed by atoms with Crippen molar-refractivity contribution >= 4 is 22.3 Å². The first-order chi connectivity index (χ1) is 10.2. The first-order valence-electron chi connectivity index (χ1n) is 6.89. The second-order valence-corrected chi connectivity index (χ2v) is 5.36. The van der Waals surface area contributed by atoms with Gasteiger partial charge < -0.3 is 0 Å². The molecule has 2 heteroatoms. The van der Waals surface area contributed by atoms with Gasteiger partial charge in [0.2, 0.25) is 0 Å². The summed E-state index contributed by atoms with van der Waals surface area (Å²) in [6, 6.07) is 16.6. The van der Waals surface area contributed by atoms with Crippen molar-refractivity contribution in [2.24, 2.45) is 0 Å². The minimum absolute atomic E-state index is 0.0555. The van der Waals surface area contributed by atoms with Gasteiger partial charge >= 0.3 is 0 Å². The van der Waals surface area contributed by atoms with E-state index in [2.05, 4.69) is 0 Å². The van der Waals surface area contributed by atoms with E-state index in [0.717, 1.165) is 16.3 Å². The van der Waals surface area contributed by atoms with Crippen LogP contribution >= 0.6 is 0 Å². The topological polar surface area (TPSA) is 34.1 Å². The van der Waals surface area contributed by atoms with Gasteiger partial charge in [0.1, 0.15) is 0 Å². The Morgan fingerprint density at radius 1 is 0.667 bits per heavy atom. The van der Waals surface area contributed by atoms with Gasteiger partial charge in [0, 0.05) is 22.3 Å². The molecule has 0 saturated carbocycles. The van der Waals surface area contributed by atoms with Crippen LogP contribution in [-0.4, -0.2) is 11.6 Å². The van der Waals surface area contributed by atoms with Crippen LogP contribution in [0.3, 0.4) is 0 Å². The highest BCUT2D eigenvalue weighted by Gasteiger charge is 2.30. The lowest BCUT2D eigenvalue weighted by Crippen LogP contribution is -2.21. The van der Waals surface area contributed by atoms with E-state index in [9.17, 15) is 9.59 Å². The van der Waals surface area contributed by atoms with Crippen LogP contribution in [-0.2, 0) is 0 Å². The van der Waals surface area contributed by atoms with Crippen LogP contribution in [0.25, 0.3) is 10.8 Å². The fourth-order valence-electron chi connectivity index (χ4n) is 3.15. The summed E-state index contributed by atoms with van der Waals surface area (Å²) in [7, 11) is 0. The maximum Gasteiger partial charge on any atom is 0.195 e. The van der Waals surface area contributed by atoms with Crippen molar-refractivity contribution in [2.75, 3.05) is 0 Å². The van der Waals surface area contributed by atoms with Crippen LogP contribution in [0.5, 0.6) is 0 Å². The molecule has 3 aromatic carbocycles. The molecule has 1 aliphatic carbocycles. The molecule has 0 fully saturated rings. The van der Waals surface area contributed by atoms with Crippen molar-refractivity contribution < 1.29 is 9.59 Å². The van der Waals surface area contributed by atoms with E-state index < -0.39 is 0 Å². The number of ketones is 2. The van der Waals surface area contributed by atoms with Crippen molar-refractivity contribution in [1.29, 1.82) is 0 Å². The largest absolute Gasteiger partial charge is 0.289 e. The Hall–Kier alpha value is -2.74. The van der Waals surface area contributed by atoms with Crippen molar-refractivity contribution in [3.8, 4) is 0 Å². The molecular weight excluding hydrogens is 260 g/mol. The second kappa shape index (κ2) is 4.13. The Morgan fingerprint density at radius 2 is 1.38 bits per heavy atom. The molecule has 0 heterocycles. The third kappa shape index (κ3) is 1.53. The van der Waals surface area contributed by atoms with Gasteiger partial charge in [-0.2, -0.15) is 0 Å². The Morgan fingerprint density at radius 3 is 2.14 bits per heavy atom. The summed E-state index contributed by atoms with van der Waals surface area (Å²) < 4.78 is 0. The predicted molar refractivity (Wildman–Crippen MR) is 82.0 cm³/mol. The van der Waals surface area contributed by atoms with Crippen molar-refractivity contribution in [3.05, 3.63) is 82.4 Å². The highest BCUT2D eigenvalue weighted by atomic mass is 16.1. The van der Waals surface area contributed by atoms with E-state index in [4.69, 9.17) is 0 Å². The summed E-state index contributed by atoms with van der Waals surface area (Å²) in [6.45, 7) is 1.97. The Labute approximate surface area is 122 Å². The minimum atomic E-state index is -0.0645. The Balaban J connectivity index is 2.17. The monoisotopic (exact) mass is 272 g/mol. The van der Waals surface area contributed by atoms with Crippen LogP contribution in [0.1, 0.15) is 37.4 Å². The lowest BCUT2D eigenvalue weighted by molar-refractivity contribution is 0.0980. The molecule has 21 heavy (non-hydrogen) atoms. The molecular formula is C19H12O2. The molecule has 4 rings (SSSR count). The average molecular weight is 272 g/mol. The highest BCUT2D eigenvalue weighted by molar-refractivity contribution is 6.32. The van der Waals surface area contributed by atoms with Crippen LogP contribution in [0.4, 0.5) is 0 Å². The minimum Gasteiger partial charge on any atom is -0.289 e. The summed E-state index contributed by atoms with van der Waals surface area (Å²) in [5.74, 6) is -0.120. The first kappa shape index (κ1) is 12.0. The molecule has 0 unspecified atom stereocenters. The maximum atomic E-state index is 12.9. The van der Waals surface area contributed by atoms with Gasteiger partial charge in [-0.1, -0.05) is 48.5 Å². The number of rotatable bonds is 0. The zero-order chi connectivity index (χ0) is 14.6. The molecule has 0 bridgehead atoms.